The molecule has 4 rings (SSSR count). The molecule has 1 aliphatic carbocycles. The predicted molar refractivity (Wildman–Crippen MR) is 127 cm³/mol. The van der Waals surface area contributed by atoms with Crippen LogP contribution in [0.3, 0.4) is 0 Å². The van der Waals surface area contributed by atoms with Gasteiger partial charge in [-0.15, -0.1) is 0 Å². The number of hydrogen-bond donors (Lipinski definition) is 1. The van der Waals surface area contributed by atoms with Gasteiger partial charge >= 0.3 is 0 Å². The molecule has 2 aromatic rings. The number of nitrogens with one attached hydrogen (secondary N) is 1. The molecule has 32 heavy (non-hydrogen) atoms. The largest absolute Gasteiger partial charge is 0.357 e. The minimum absolute atomic E-state index is 0.0485. The van der Waals surface area contributed by atoms with Gasteiger partial charge in [0.2, 0.25) is 5.91 Å². The highest BCUT2D eigenvalue weighted by Gasteiger charge is 2.43. The molecule has 2 heterocycles. The lowest BCUT2D eigenvalue weighted by Gasteiger charge is -2.37. The lowest BCUT2D eigenvalue weighted by Crippen LogP contribution is -2.39. The van der Waals surface area contributed by atoms with E-state index in [1.807, 2.05) is 54.0 Å². The van der Waals surface area contributed by atoms with E-state index in [4.69, 9.17) is 0 Å². The van der Waals surface area contributed by atoms with E-state index in [0.29, 0.717) is 18.4 Å². The van der Waals surface area contributed by atoms with E-state index >= 15 is 0 Å². The first-order valence-corrected chi connectivity index (χ1v) is 11.7. The van der Waals surface area contributed by atoms with Crippen molar-refractivity contribution >= 4 is 23.1 Å². The number of allylic oxidation sites excluding steroid dienone is 1. The molecule has 1 aliphatic heterocycles. The van der Waals surface area contributed by atoms with Crippen LogP contribution in [-0.4, -0.2) is 21.5 Å². The third-order valence-electron chi connectivity index (χ3n) is 6.73. The Morgan fingerprint density at radius 2 is 1.97 bits per heavy atom. The van der Waals surface area contributed by atoms with Crippen LogP contribution >= 0.6 is 0 Å². The standard InChI is InChI=1S/C26H34N4O2/c1-6-7-8-13-23(32)30-21-12-10-9-11-19(21)28-20-14-26(3,4)15-22(31)24(20)25(30)18-16-27-29(5)17(18)2/h9-12,16,25,28H,6-8,13-15H2,1-5H3. The molecule has 2 aliphatic rings. The van der Waals surface area contributed by atoms with E-state index in [1.54, 1.807) is 0 Å². The SMILES string of the molecule is CCCCCC(=O)N1c2ccccc2NC2=C(C(=O)CC(C)(C)C2)C1c1cnn(C)c1C. The van der Waals surface area contributed by atoms with Crippen molar-refractivity contribution in [3.8, 4) is 0 Å². The maximum atomic E-state index is 13.7. The Hall–Kier alpha value is -2.89. The fraction of sp³-hybridized carbons (Fsp3) is 0.500. The molecule has 0 radical (unpaired) electrons. The maximum Gasteiger partial charge on any atom is 0.227 e. The van der Waals surface area contributed by atoms with Gasteiger partial charge in [-0.05, 0) is 37.3 Å². The number of hydrogen-bond acceptors (Lipinski definition) is 4. The molecule has 170 valence electrons. The van der Waals surface area contributed by atoms with Crippen molar-refractivity contribution in [1.82, 2.24) is 9.78 Å². The summed E-state index contributed by atoms with van der Waals surface area (Å²) in [7, 11) is 1.90. The minimum atomic E-state index is -0.479. The van der Waals surface area contributed by atoms with Gasteiger partial charge in [0.05, 0.1) is 23.6 Å². The molecule has 6 nitrogen and oxygen atoms in total. The van der Waals surface area contributed by atoms with Gasteiger partial charge in [0.1, 0.15) is 0 Å². The number of benzene rings is 1. The lowest BCUT2D eigenvalue weighted by atomic mass is 9.73. The Balaban J connectivity index is 1.94. The Labute approximate surface area is 190 Å². The van der Waals surface area contributed by atoms with E-state index < -0.39 is 6.04 Å². The Bertz CT molecular complexity index is 1080. The molecule has 0 spiro atoms. The Morgan fingerprint density at radius 3 is 2.66 bits per heavy atom. The molecule has 1 N–H and O–H groups in total. The summed E-state index contributed by atoms with van der Waals surface area (Å²) < 4.78 is 1.82. The van der Waals surface area contributed by atoms with Crippen LogP contribution in [0.1, 0.15) is 76.6 Å². The highest BCUT2D eigenvalue weighted by atomic mass is 16.2. The number of nitrogens with zero attached hydrogens (tertiary/aromatic N) is 3. The van der Waals surface area contributed by atoms with Gasteiger partial charge in [0.25, 0.3) is 0 Å². The summed E-state index contributed by atoms with van der Waals surface area (Å²) in [6.45, 7) is 8.40. The number of rotatable bonds is 5. The van der Waals surface area contributed by atoms with E-state index in [9.17, 15) is 9.59 Å². The smallest absolute Gasteiger partial charge is 0.227 e. The number of para-hydroxylation sites is 2. The molecule has 6 heteroatoms. The van der Waals surface area contributed by atoms with Crippen LogP contribution in [0.25, 0.3) is 0 Å². The highest BCUT2D eigenvalue weighted by molar-refractivity contribution is 6.06. The molecule has 1 aromatic carbocycles. The first-order chi connectivity index (χ1) is 15.2. The van der Waals surface area contributed by atoms with Crippen LogP contribution in [0.15, 0.2) is 41.7 Å². The third kappa shape index (κ3) is 3.98. The van der Waals surface area contributed by atoms with Crippen molar-refractivity contribution in [2.24, 2.45) is 12.5 Å². The molecular weight excluding hydrogens is 400 g/mol. The fourth-order valence-corrected chi connectivity index (χ4v) is 4.99. The minimum Gasteiger partial charge on any atom is -0.357 e. The van der Waals surface area contributed by atoms with Crippen molar-refractivity contribution in [3.63, 3.8) is 0 Å². The summed E-state index contributed by atoms with van der Waals surface area (Å²) in [5, 5.41) is 8.03. The molecule has 0 saturated carbocycles. The number of unbranched alkanes of at least 4 members (excludes halogenated alkanes) is 2. The van der Waals surface area contributed by atoms with Crippen molar-refractivity contribution in [1.29, 1.82) is 0 Å². The number of Topliss-reactive ketones (excluding diaryl/α,β-unsaturated/α-hetero) is 1. The average molecular weight is 435 g/mol. The first-order valence-electron chi connectivity index (χ1n) is 11.7. The van der Waals surface area contributed by atoms with Gasteiger partial charge in [-0.3, -0.25) is 19.2 Å². The van der Waals surface area contributed by atoms with E-state index in [2.05, 4.69) is 31.2 Å². The number of amides is 1. The number of ketones is 1. The van der Waals surface area contributed by atoms with Crippen molar-refractivity contribution in [2.45, 2.75) is 72.3 Å². The first kappa shape index (κ1) is 22.3. The third-order valence-corrected chi connectivity index (χ3v) is 6.73. The van der Waals surface area contributed by atoms with Crippen LogP contribution in [-0.2, 0) is 16.6 Å². The fourth-order valence-electron chi connectivity index (χ4n) is 4.99. The summed E-state index contributed by atoms with van der Waals surface area (Å²) in [6, 6.07) is 7.42. The van der Waals surface area contributed by atoms with Crippen LogP contribution in [0.5, 0.6) is 0 Å². The van der Waals surface area contributed by atoms with E-state index in [1.165, 1.54) is 0 Å². The normalized spacial score (nSPS) is 19.8. The van der Waals surface area contributed by atoms with Crippen molar-refractivity contribution < 1.29 is 9.59 Å². The zero-order chi connectivity index (χ0) is 23.0. The topological polar surface area (TPSA) is 67.2 Å². The number of carbonyl (C=O) groups is 2. The summed E-state index contributed by atoms with van der Waals surface area (Å²) in [6.07, 6.45) is 6.41. The van der Waals surface area contributed by atoms with Crippen LogP contribution < -0.4 is 10.2 Å². The molecular formula is C26H34N4O2. The molecule has 0 saturated heterocycles. The van der Waals surface area contributed by atoms with Gasteiger partial charge in [-0.1, -0.05) is 45.7 Å². The summed E-state index contributed by atoms with van der Waals surface area (Å²) >= 11 is 0. The Morgan fingerprint density at radius 1 is 1.22 bits per heavy atom. The van der Waals surface area contributed by atoms with Gasteiger partial charge in [0.15, 0.2) is 5.78 Å². The number of anilines is 2. The molecule has 1 amide bonds. The van der Waals surface area contributed by atoms with Crippen molar-refractivity contribution in [2.75, 3.05) is 10.2 Å². The maximum absolute atomic E-state index is 13.7. The molecule has 1 aromatic heterocycles. The quantitative estimate of drug-likeness (QED) is 0.635. The van der Waals surface area contributed by atoms with Crippen LogP contribution in [0, 0.1) is 12.3 Å². The molecule has 1 atom stereocenters. The molecule has 1 unspecified atom stereocenters. The monoisotopic (exact) mass is 434 g/mol. The number of carbonyl (C=O) groups excluding carboxylic acids is 2. The van der Waals surface area contributed by atoms with Gasteiger partial charge in [-0.2, -0.15) is 5.10 Å². The molecule has 0 bridgehead atoms. The second kappa shape index (κ2) is 8.57. The summed E-state index contributed by atoms with van der Waals surface area (Å²) in [5.74, 6) is 0.156. The van der Waals surface area contributed by atoms with E-state index in [0.717, 1.165) is 54.0 Å². The van der Waals surface area contributed by atoms with Crippen molar-refractivity contribution in [3.05, 3.63) is 53.0 Å². The number of aryl methyl sites for hydroxylation is 1. The number of fused-ring (bicyclic) bond motifs is 1. The predicted octanol–water partition coefficient (Wildman–Crippen LogP) is 5.45. The lowest BCUT2D eigenvalue weighted by molar-refractivity contribution is -0.119. The summed E-state index contributed by atoms with van der Waals surface area (Å²) in [4.78, 5) is 29.2. The Kier molecular flexibility index (Phi) is 5.97. The molecule has 0 fully saturated rings. The second-order valence-electron chi connectivity index (χ2n) is 9.91. The summed E-state index contributed by atoms with van der Waals surface area (Å²) in [5.41, 5.74) is 5.07. The van der Waals surface area contributed by atoms with Gasteiger partial charge in [0, 0.05) is 42.4 Å². The van der Waals surface area contributed by atoms with Gasteiger partial charge < -0.3 is 5.32 Å². The van der Waals surface area contributed by atoms with Crippen LogP contribution in [0.2, 0.25) is 0 Å². The zero-order valence-corrected chi connectivity index (χ0v) is 19.9. The van der Waals surface area contributed by atoms with Gasteiger partial charge in [-0.25, -0.2) is 0 Å². The highest BCUT2D eigenvalue weighted by Crippen LogP contribution is 2.48. The van der Waals surface area contributed by atoms with Crippen LogP contribution in [0.4, 0.5) is 11.4 Å². The average Bonchev–Trinajstić information content (AvgIpc) is 2.97. The number of aromatic nitrogens is 2. The zero-order valence-electron chi connectivity index (χ0n) is 19.9. The van der Waals surface area contributed by atoms with E-state index in [-0.39, 0.29) is 17.1 Å². The second-order valence-corrected chi connectivity index (χ2v) is 9.91.